The third-order valence-electron chi connectivity index (χ3n) is 5.37. The minimum Gasteiger partial charge on any atom is -0.465 e. The number of hydrogen-bond acceptors (Lipinski definition) is 6. The Balaban J connectivity index is 1.48. The van der Waals surface area contributed by atoms with Crippen molar-refractivity contribution >= 4 is 0 Å². The van der Waals surface area contributed by atoms with Crippen LogP contribution < -0.4 is 0 Å². The molecular weight excluding hydrogens is 316 g/mol. The van der Waals surface area contributed by atoms with E-state index in [1.165, 1.54) is 6.42 Å². The van der Waals surface area contributed by atoms with Crippen molar-refractivity contribution in [3.8, 4) is 0 Å². The zero-order chi connectivity index (χ0) is 17.2. The molecule has 0 aliphatic carbocycles. The largest absolute Gasteiger partial charge is 0.465 e. The molecule has 2 saturated heterocycles. The number of furan rings is 1. The summed E-state index contributed by atoms with van der Waals surface area (Å²) in [5.41, 5.74) is 1.14. The zero-order valence-electron chi connectivity index (χ0n) is 15.0. The fraction of sp³-hybridized carbons (Fsp3) is 0.579. The minimum atomic E-state index is 0.263. The van der Waals surface area contributed by atoms with Gasteiger partial charge in [0, 0.05) is 43.7 Å². The maximum Gasteiger partial charge on any atom is 0.118 e. The van der Waals surface area contributed by atoms with Gasteiger partial charge in [-0.3, -0.25) is 9.80 Å². The molecule has 6 nitrogen and oxygen atoms in total. The number of ether oxygens (including phenoxy) is 1. The highest BCUT2D eigenvalue weighted by atomic mass is 16.5. The average Bonchev–Trinajstić information content (AvgIpc) is 3.20. The highest BCUT2D eigenvalue weighted by molar-refractivity contribution is 5.09. The van der Waals surface area contributed by atoms with Crippen LogP contribution in [0.2, 0.25) is 0 Å². The van der Waals surface area contributed by atoms with Gasteiger partial charge in [0.05, 0.1) is 18.7 Å². The molecule has 0 spiro atoms. The fourth-order valence-corrected chi connectivity index (χ4v) is 4.18. The summed E-state index contributed by atoms with van der Waals surface area (Å²) in [7, 11) is 2.17. The van der Waals surface area contributed by atoms with Crippen molar-refractivity contribution < 1.29 is 9.15 Å². The van der Waals surface area contributed by atoms with Crippen LogP contribution in [0.1, 0.15) is 29.9 Å². The van der Waals surface area contributed by atoms with Crippen molar-refractivity contribution in [3.05, 3.63) is 47.9 Å². The SMILES string of the molecule is Cc1ccc(CN2C[C@@H](N(C)Cc3cncnc3)[C@@H]3OCCC[C@@H]32)o1. The summed E-state index contributed by atoms with van der Waals surface area (Å²) in [6, 6.07) is 4.98. The van der Waals surface area contributed by atoms with Crippen LogP contribution in [0.5, 0.6) is 0 Å². The molecule has 134 valence electrons. The van der Waals surface area contributed by atoms with Gasteiger partial charge in [-0.2, -0.15) is 0 Å². The van der Waals surface area contributed by atoms with Crippen molar-refractivity contribution in [1.82, 2.24) is 19.8 Å². The Morgan fingerprint density at radius 3 is 2.88 bits per heavy atom. The molecule has 4 heterocycles. The molecule has 2 fully saturated rings. The highest BCUT2D eigenvalue weighted by Crippen LogP contribution is 2.33. The molecular formula is C19H26N4O2. The topological polar surface area (TPSA) is 54.6 Å². The summed E-state index contributed by atoms with van der Waals surface area (Å²) < 4.78 is 12.0. The lowest BCUT2D eigenvalue weighted by Crippen LogP contribution is -2.46. The second kappa shape index (κ2) is 7.23. The van der Waals surface area contributed by atoms with Gasteiger partial charge < -0.3 is 9.15 Å². The number of nitrogens with zero attached hydrogens (tertiary/aromatic N) is 4. The third kappa shape index (κ3) is 3.61. The first-order valence-corrected chi connectivity index (χ1v) is 9.06. The van der Waals surface area contributed by atoms with Crippen LogP contribution in [0.4, 0.5) is 0 Å². The van der Waals surface area contributed by atoms with Crippen LogP contribution in [0.25, 0.3) is 0 Å². The van der Waals surface area contributed by atoms with Gasteiger partial charge in [0.2, 0.25) is 0 Å². The second-order valence-corrected chi connectivity index (χ2v) is 7.22. The molecule has 0 N–H and O–H groups in total. The monoisotopic (exact) mass is 342 g/mol. The van der Waals surface area contributed by atoms with E-state index in [0.717, 1.165) is 49.7 Å². The molecule has 0 saturated carbocycles. The Morgan fingerprint density at radius 2 is 2.12 bits per heavy atom. The Morgan fingerprint density at radius 1 is 1.28 bits per heavy atom. The van der Waals surface area contributed by atoms with Gasteiger partial charge in [0.25, 0.3) is 0 Å². The molecule has 0 unspecified atom stereocenters. The second-order valence-electron chi connectivity index (χ2n) is 7.22. The number of rotatable bonds is 5. The lowest BCUT2D eigenvalue weighted by molar-refractivity contribution is -0.0390. The van der Waals surface area contributed by atoms with Gasteiger partial charge in [0.1, 0.15) is 17.8 Å². The van der Waals surface area contributed by atoms with Gasteiger partial charge in [-0.15, -0.1) is 0 Å². The van der Waals surface area contributed by atoms with E-state index in [9.17, 15) is 0 Å². The maximum absolute atomic E-state index is 6.20. The Labute approximate surface area is 148 Å². The van der Waals surface area contributed by atoms with E-state index in [4.69, 9.17) is 9.15 Å². The van der Waals surface area contributed by atoms with Crippen molar-refractivity contribution in [2.45, 2.75) is 51.0 Å². The van der Waals surface area contributed by atoms with E-state index in [1.807, 2.05) is 25.4 Å². The standard InChI is InChI=1S/C19H26N4O2/c1-14-5-6-16(25-14)11-23-12-18(19-17(23)4-3-7-24-19)22(2)10-15-8-20-13-21-9-15/h5-6,8-9,13,17-19H,3-4,7,10-12H2,1-2H3/t17-,18+,19+/m0/s1. The molecule has 2 aromatic rings. The molecule has 0 aromatic carbocycles. The molecule has 2 aromatic heterocycles. The predicted molar refractivity (Wildman–Crippen MR) is 93.9 cm³/mol. The zero-order valence-corrected chi connectivity index (χ0v) is 15.0. The van der Waals surface area contributed by atoms with E-state index in [0.29, 0.717) is 12.1 Å². The molecule has 4 rings (SSSR count). The molecule has 0 amide bonds. The fourth-order valence-electron chi connectivity index (χ4n) is 4.18. The van der Waals surface area contributed by atoms with E-state index >= 15 is 0 Å². The molecule has 25 heavy (non-hydrogen) atoms. The van der Waals surface area contributed by atoms with E-state index in [2.05, 4.69) is 32.9 Å². The van der Waals surface area contributed by atoms with Crippen LogP contribution in [0.3, 0.4) is 0 Å². The van der Waals surface area contributed by atoms with Crippen LogP contribution in [-0.2, 0) is 17.8 Å². The van der Waals surface area contributed by atoms with Crippen LogP contribution in [0, 0.1) is 6.92 Å². The van der Waals surface area contributed by atoms with Crippen LogP contribution >= 0.6 is 0 Å². The van der Waals surface area contributed by atoms with E-state index in [-0.39, 0.29) is 6.10 Å². The van der Waals surface area contributed by atoms with Crippen LogP contribution in [-0.4, -0.2) is 58.2 Å². The number of aryl methyl sites for hydroxylation is 1. The first-order valence-electron chi connectivity index (χ1n) is 9.06. The summed E-state index contributed by atoms with van der Waals surface area (Å²) in [5, 5.41) is 0. The third-order valence-corrected chi connectivity index (χ3v) is 5.37. The van der Waals surface area contributed by atoms with Gasteiger partial charge >= 0.3 is 0 Å². The molecule has 3 atom stereocenters. The number of hydrogen-bond donors (Lipinski definition) is 0. The minimum absolute atomic E-state index is 0.263. The molecule has 0 bridgehead atoms. The lowest BCUT2D eigenvalue weighted by atomic mass is 10.00. The van der Waals surface area contributed by atoms with Gasteiger partial charge in [-0.05, 0) is 38.9 Å². The summed E-state index contributed by atoms with van der Waals surface area (Å²) in [6.07, 6.45) is 7.95. The van der Waals surface area contributed by atoms with Gasteiger partial charge in [-0.1, -0.05) is 0 Å². The summed E-state index contributed by atoms with van der Waals surface area (Å²) in [5.74, 6) is 2.02. The van der Waals surface area contributed by atoms with Crippen molar-refractivity contribution in [3.63, 3.8) is 0 Å². The normalized spacial score (nSPS) is 26.9. The number of likely N-dealkylation sites (N-methyl/N-ethyl adjacent to an activating group) is 1. The maximum atomic E-state index is 6.20. The summed E-state index contributed by atoms with van der Waals surface area (Å²) in [4.78, 5) is 13.2. The molecule has 2 aliphatic rings. The Hall–Kier alpha value is -1.76. The predicted octanol–water partition coefficient (Wildman–Crippen LogP) is 2.24. The lowest BCUT2D eigenvalue weighted by Gasteiger charge is -2.34. The summed E-state index contributed by atoms with van der Waals surface area (Å²) >= 11 is 0. The summed E-state index contributed by atoms with van der Waals surface area (Å²) in [6.45, 7) is 5.56. The average molecular weight is 342 g/mol. The number of likely N-dealkylation sites (tertiary alicyclic amines) is 1. The van der Waals surface area contributed by atoms with Gasteiger partial charge in [-0.25, -0.2) is 9.97 Å². The first-order chi connectivity index (χ1) is 12.2. The number of fused-ring (bicyclic) bond motifs is 1. The molecule has 0 radical (unpaired) electrons. The van der Waals surface area contributed by atoms with Gasteiger partial charge in [0.15, 0.2) is 0 Å². The van der Waals surface area contributed by atoms with E-state index in [1.54, 1.807) is 6.33 Å². The van der Waals surface area contributed by atoms with Crippen molar-refractivity contribution in [2.24, 2.45) is 0 Å². The Kier molecular flexibility index (Phi) is 4.83. The highest BCUT2D eigenvalue weighted by Gasteiger charge is 2.45. The van der Waals surface area contributed by atoms with Crippen LogP contribution in [0.15, 0.2) is 35.3 Å². The van der Waals surface area contributed by atoms with E-state index < -0.39 is 0 Å². The van der Waals surface area contributed by atoms with Crippen molar-refractivity contribution in [2.75, 3.05) is 20.2 Å². The Bertz CT molecular complexity index is 690. The molecule has 6 heteroatoms. The number of aromatic nitrogens is 2. The first kappa shape index (κ1) is 16.7. The smallest absolute Gasteiger partial charge is 0.118 e. The molecule has 2 aliphatic heterocycles. The quantitative estimate of drug-likeness (QED) is 0.831. The van der Waals surface area contributed by atoms with Crippen molar-refractivity contribution in [1.29, 1.82) is 0 Å².